The Morgan fingerprint density at radius 3 is 2.56 bits per heavy atom. The summed E-state index contributed by atoms with van der Waals surface area (Å²) in [4.78, 5) is 38.6. The third kappa shape index (κ3) is 5.07. The summed E-state index contributed by atoms with van der Waals surface area (Å²) < 4.78 is 4.94. The van der Waals surface area contributed by atoms with E-state index in [4.69, 9.17) is 4.74 Å². The number of amides is 2. The van der Waals surface area contributed by atoms with Crippen molar-refractivity contribution in [3.8, 4) is 0 Å². The highest BCUT2D eigenvalue weighted by atomic mass is 32.1. The smallest absolute Gasteiger partial charge is 0.341 e. The van der Waals surface area contributed by atoms with E-state index in [1.807, 2.05) is 7.05 Å². The van der Waals surface area contributed by atoms with E-state index in [9.17, 15) is 14.4 Å². The van der Waals surface area contributed by atoms with Gasteiger partial charge in [0.1, 0.15) is 5.00 Å². The maximum absolute atomic E-state index is 12.5. The SMILES string of the molecule is COC(=O)c1c(NC(=O)C[NH+](C)CC(=O)NC2CC2)sc2c1CC[C@@H](C)C2. The summed E-state index contributed by atoms with van der Waals surface area (Å²) in [7, 11) is 3.17. The van der Waals surface area contributed by atoms with Crippen LogP contribution in [-0.4, -0.2) is 51.1 Å². The van der Waals surface area contributed by atoms with Gasteiger partial charge in [-0.2, -0.15) is 0 Å². The molecular formula is C19H28N3O4S+. The van der Waals surface area contributed by atoms with Crippen LogP contribution < -0.4 is 15.5 Å². The first kappa shape index (κ1) is 19.8. The van der Waals surface area contributed by atoms with E-state index in [2.05, 4.69) is 17.6 Å². The minimum Gasteiger partial charge on any atom is -0.465 e. The number of carbonyl (C=O) groups excluding carboxylic acids is 3. The molecule has 1 fully saturated rings. The van der Waals surface area contributed by atoms with Gasteiger partial charge in [0.05, 0.1) is 19.7 Å². The van der Waals surface area contributed by atoms with Gasteiger partial charge in [0.2, 0.25) is 0 Å². The summed E-state index contributed by atoms with van der Waals surface area (Å²) >= 11 is 1.47. The third-order valence-corrected chi connectivity index (χ3v) is 6.19. The molecule has 3 N–H and O–H groups in total. The number of likely N-dealkylation sites (N-methyl/N-ethyl adjacent to an activating group) is 1. The fourth-order valence-corrected chi connectivity index (χ4v) is 4.86. The van der Waals surface area contributed by atoms with Crippen LogP contribution in [-0.2, 0) is 27.2 Å². The van der Waals surface area contributed by atoms with Gasteiger partial charge < -0.3 is 20.3 Å². The van der Waals surface area contributed by atoms with E-state index in [0.717, 1.165) is 47.4 Å². The summed E-state index contributed by atoms with van der Waals surface area (Å²) in [5.41, 5.74) is 1.52. The molecule has 2 amide bonds. The molecule has 1 aromatic heterocycles. The maximum atomic E-state index is 12.5. The highest BCUT2D eigenvalue weighted by molar-refractivity contribution is 7.17. The van der Waals surface area contributed by atoms with Crippen molar-refractivity contribution in [1.29, 1.82) is 0 Å². The van der Waals surface area contributed by atoms with Crippen molar-refractivity contribution >= 4 is 34.1 Å². The largest absolute Gasteiger partial charge is 0.465 e. The van der Waals surface area contributed by atoms with Gasteiger partial charge >= 0.3 is 5.97 Å². The van der Waals surface area contributed by atoms with Crippen molar-refractivity contribution in [2.45, 2.75) is 45.1 Å². The zero-order valence-corrected chi connectivity index (χ0v) is 17.0. The number of hydrogen-bond donors (Lipinski definition) is 3. The van der Waals surface area contributed by atoms with Crippen LogP contribution in [0.5, 0.6) is 0 Å². The lowest BCUT2D eigenvalue weighted by atomic mass is 9.88. The van der Waals surface area contributed by atoms with Crippen LogP contribution in [0.1, 0.15) is 47.0 Å². The van der Waals surface area contributed by atoms with E-state index < -0.39 is 5.97 Å². The molecule has 2 atom stereocenters. The Morgan fingerprint density at radius 2 is 1.89 bits per heavy atom. The zero-order chi connectivity index (χ0) is 19.6. The number of fused-ring (bicyclic) bond motifs is 1. The molecule has 2 aliphatic rings. The van der Waals surface area contributed by atoms with Gasteiger partial charge in [-0.05, 0) is 43.6 Å². The maximum Gasteiger partial charge on any atom is 0.341 e. The minimum absolute atomic E-state index is 0.0291. The lowest BCUT2D eigenvalue weighted by Gasteiger charge is -2.18. The highest BCUT2D eigenvalue weighted by Crippen LogP contribution is 2.39. The molecule has 7 nitrogen and oxygen atoms in total. The van der Waals surface area contributed by atoms with Crippen molar-refractivity contribution in [3.63, 3.8) is 0 Å². The summed E-state index contributed by atoms with van der Waals surface area (Å²) in [6.07, 6.45) is 4.88. The van der Waals surface area contributed by atoms with Gasteiger partial charge in [-0.15, -0.1) is 11.3 Å². The van der Waals surface area contributed by atoms with Gasteiger partial charge in [-0.25, -0.2) is 4.79 Å². The van der Waals surface area contributed by atoms with E-state index in [1.54, 1.807) is 0 Å². The lowest BCUT2D eigenvalue weighted by Crippen LogP contribution is -3.11. The van der Waals surface area contributed by atoms with E-state index in [1.165, 1.54) is 18.4 Å². The first-order chi connectivity index (χ1) is 12.9. The minimum atomic E-state index is -0.401. The van der Waals surface area contributed by atoms with E-state index >= 15 is 0 Å². The first-order valence-electron chi connectivity index (χ1n) is 9.50. The molecule has 0 spiro atoms. The Labute approximate surface area is 163 Å². The second kappa shape index (κ2) is 8.39. The second-order valence-corrected chi connectivity index (χ2v) is 8.85. The Bertz CT molecular complexity index is 742. The van der Waals surface area contributed by atoms with Crippen molar-refractivity contribution in [2.24, 2.45) is 5.92 Å². The fraction of sp³-hybridized carbons (Fsp3) is 0.632. The molecule has 148 valence electrons. The first-order valence-corrected chi connectivity index (χ1v) is 10.3. The third-order valence-electron chi connectivity index (χ3n) is 5.02. The predicted molar refractivity (Wildman–Crippen MR) is 103 cm³/mol. The summed E-state index contributed by atoms with van der Waals surface area (Å²) in [6, 6.07) is 0.321. The van der Waals surface area contributed by atoms with Crippen LogP contribution in [0.3, 0.4) is 0 Å². The molecule has 0 aliphatic heterocycles. The standard InChI is InChI=1S/C19H27N3O4S/c1-11-4-7-13-14(8-11)27-18(17(13)19(25)26-3)21-16(24)10-22(2)9-15(23)20-12-5-6-12/h11-12H,4-10H2,1-3H3,(H,20,23)(H,21,24)/p+1/t11-/m1/s1. The molecule has 2 aliphatic carbocycles. The highest BCUT2D eigenvalue weighted by Gasteiger charge is 2.29. The average Bonchev–Trinajstić information content (AvgIpc) is 3.32. The monoisotopic (exact) mass is 394 g/mol. The Hall–Kier alpha value is -1.93. The number of hydrogen-bond acceptors (Lipinski definition) is 5. The summed E-state index contributed by atoms with van der Waals surface area (Å²) in [5, 5.41) is 6.38. The van der Waals surface area contributed by atoms with E-state index in [0.29, 0.717) is 22.5 Å². The number of esters is 1. The van der Waals surface area contributed by atoms with Crippen LogP contribution in [0.4, 0.5) is 5.00 Å². The summed E-state index contributed by atoms with van der Waals surface area (Å²) in [5.74, 6) is -0.0604. The van der Waals surface area contributed by atoms with Gasteiger partial charge in [-0.3, -0.25) is 9.59 Å². The number of anilines is 1. The topological polar surface area (TPSA) is 88.9 Å². The molecule has 8 heteroatoms. The van der Waals surface area contributed by atoms with Crippen LogP contribution in [0.15, 0.2) is 0 Å². The molecule has 0 saturated heterocycles. The average molecular weight is 395 g/mol. The molecule has 1 heterocycles. The normalized spacial score (nSPS) is 19.7. The van der Waals surface area contributed by atoms with E-state index in [-0.39, 0.29) is 24.9 Å². The Balaban J connectivity index is 1.64. The number of quaternary nitrogens is 1. The Morgan fingerprint density at radius 1 is 1.19 bits per heavy atom. The number of carbonyl (C=O) groups is 3. The van der Waals surface area contributed by atoms with Crippen LogP contribution in [0.25, 0.3) is 0 Å². The molecule has 27 heavy (non-hydrogen) atoms. The number of thiophene rings is 1. The lowest BCUT2D eigenvalue weighted by molar-refractivity contribution is -0.862. The molecule has 0 radical (unpaired) electrons. The van der Waals surface area contributed by atoms with Crippen LogP contribution in [0.2, 0.25) is 0 Å². The molecule has 1 unspecified atom stereocenters. The van der Waals surface area contributed by atoms with Crippen molar-refractivity contribution in [1.82, 2.24) is 5.32 Å². The number of nitrogens with one attached hydrogen (secondary N) is 3. The summed E-state index contributed by atoms with van der Waals surface area (Å²) in [6.45, 7) is 2.62. The molecule has 0 bridgehead atoms. The molecule has 1 saturated carbocycles. The fourth-order valence-electron chi connectivity index (χ4n) is 3.44. The quantitative estimate of drug-likeness (QED) is 0.584. The van der Waals surface area contributed by atoms with Gasteiger partial charge in [-0.1, -0.05) is 6.92 Å². The van der Waals surface area contributed by atoms with Crippen molar-refractivity contribution < 1.29 is 24.0 Å². The molecule has 3 rings (SSSR count). The molecular weight excluding hydrogens is 366 g/mol. The van der Waals surface area contributed by atoms with Crippen LogP contribution >= 0.6 is 11.3 Å². The van der Waals surface area contributed by atoms with Crippen molar-refractivity contribution in [3.05, 3.63) is 16.0 Å². The predicted octanol–water partition coefficient (Wildman–Crippen LogP) is 0.391. The Kier molecular flexibility index (Phi) is 6.16. The van der Waals surface area contributed by atoms with Gasteiger partial charge in [0, 0.05) is 10.9 Å². The molecule has 0 aromatic carbocycles. The second-order valence-electron chi connectivity index (χ2n) is 7.75. The van der Waals surface area contributed by atoms with Gasteiger partial charge in [0.25, 0.3) is 11.8 Å². The van der Waals surface area contributed by atoms with Crippen LogP contribution in [0, 0.1) is 5.92 Å². The molecule has 1 aromatic rings. The zero-order valence-electron chi connectivity index (χ0n) is 16.1. The number of ether oxygens (including phenoxy) is 1. The number of methoxy groups -OCH3 is 1. The van der Waals surface area contributed by atoms with Gasteiger partial charge in [0.15, 0.2) is 13.1 Å². The van der Waals surface area contributed by atoms with Crippen molar-refractivity contribution in [2.75, 3.05) is 32.6 Å². The number of rotatable bonds is 7.